The fourth-order valence-corrected chi connectivity index (χ4v) is 1.94. The molecule has 1 fully saturated rings. The molecule has 6 nitrogen and oxygen atoms in total. The third-order valence-corrected chi connectivity index (χ3v) is 2.90. The van der Waals surface area contributed by atoms with Gasteiger partial charge in [0, 0.05) is 19.9 Å². The van der Waals surface area contributed by atoms with Crippen molar-refractivity contribution < 1.29 is 4.74 Å². The number of nitriles is 1. The first-order valence-electron chi connectivity index (χ1n) is 5.45. The van der Waals surface area contributed by atoms with E-state index in [1.165, 1.54) is 17.8 Å². The highest BCUT2D eigenvalue weighted by Crippen LogP contribution is 2.12. The zero-order valence-corrected chi connectivity index (χ0v) is 9.55. The topological polar surface area (TPSA) is 77.0 Å². The van der Waals surface area contributed by atoms with E-state index in [-0.39, 0.29) is 11.7 Å². The van der Waals surface area contributed by atoms with E-state index in [0.29, 0.717) is 13.2 Å². The normalized spacial score (nSPS) is 19.2. The molecule has 0 radical (unpaired) electrons. The number of nitrogens with zero attached hydrogens (tertiary/aromatic N) is 3. The van der Waals surface area contributed by atoms with Gasteiger partial charge in [-0.2, -0.15) is 5.26 Å². The summed E-state index contributed by atoms with van der Waals surface area (Å²) in [7, 11) is 1.37. The van der Waals surface area contributed by atoms with E-state index in [2.05, 4.69) is 0 Å². The Morgan fingerprint density at radius 2 is 2.35 bits per heavy atom. The highest BCUT2D eigenvalue weighted by atomic mass is 16.5. The molecule has 6 heteroatoms. The molecule has 1 unspecified atom stereocenters. The Morgan fingerprint density at radius 3 is 2.94 bits per heavy atom. The van der Waals surface area contributed by atoms with Gasteiger partial charge in [-0.3, -0.25) is 13.9 Å². The number of hydrogen-bond donors (Lipinski definition) is 0. The third-order valence-electron chi connectivity index (χ3n) is 2.90. The fraction of sp³-hybridized carbons (Fsp3) is 0.545. The van der Waals surface area contributed by atoms with Crippen LogP contribution in [-0.2, 0) is 18.3 Å². The highest BCUT2D eigenvalue weighted by Gasteiger charge is 2.18. The first-order chi connectivity index (χ1) is 8.13. The molecular formula is C11H13N3O3. The van der Waals surface area contributed by atoms with Crippen LogP contribution in [0.5, 0.6) is 0 Å². The van der Waals surface area contributed by atoms with Crippen molar-refractivity contribution >= 4 is 0 Å². The second-order valence-electron chi connectivity index (χ2n) is 4.09. The fourth-order valence-electron chi connectivity index (χ4n) is 1.94. The highest BCUT2D eigenvalue weighted by molar-refractivity contribution is 5.22. The van der Waals surface area contributed by atoms with Crippen LogP contribution in [-0.4, -0.2) is 21.8 Å². The van der Waals surface area contributed by atoms with Gasteiger partial charge in [0.05, 0.1) is 12.6 Å². The number of ether oxygens (including phenoxy) is 1. The average molecular weight is 235 g/mol. The smallest absolute Gasteiger partial charge is 0.330 e. The molecule has 0 aliphatic carbocycles. The lowest BCUT2D eigenvalue weighted by Crippen LogP contribution is -2.40. The standard InChI is InChI=1S/C11H13N3O3/c1-13-10(15)8(5-12)6-14(11(13)16)7-9-3-2-4-17-9/h6,9H,2-4,7H2,1H3. The Morgan fingerprint density at radius 1 is 1.59 bits per heavy atom. The molecule has 0 saturated carbocycles. The van der Waals surface area contributed by atoms with Crippen LogP contribution in [0.3, 0.4) is 0 Å². The Labute approximate surface area is 97.7 Å². The summed E-state index contributed by atoms with van der Waals surface area (Å²) in [6, 6.07) is 1.79. The van der Waals surface area contributed by atoms with Gasteiger partial charge < -0.3 is 4.74 Å². The summed E-state index contributed by atoms with van der Waals surface area (Å²) in [5, 5.41) is 8.81. The quantitative estimate of drug-likeness (QED) is 0.698. The van der Waals surface area contributed by atoms with E-state index in [4.69, 9.17) is 10.00 Å². The molecule has 1 aliphatic heterocycles. The molecule has 0 aromatic carbocycles. The molecule has 0 spiro atoms. The Hall–Kier alpha value is -1.87. The van der Waals surface area contributed by atoms with Gasteiger partial charge in [0.25, 0.3) is 5.56 Å². The van der Waals surface area contributed by atoms with E-state index < -0.39 is 11.2 Å². The largest absolute Gasteiger partial charge is 0.376 e. The van der Waals surface area contributed by atoms with E-state index >= 15 is 0 Å². The van der Waals surface area contributed by atoms with Gasteiger partial charge in [-0.15, -0.1) is 0 Å². The predicted molar refractivity (Wildman–Crippen MR) is 59.6 cm³/mol. The Bertz CT molecular complexity index is 573. The van der Waals surface area contributed by atoms with Crippen molar-refractivity contribution in [3.63, 3.8) is 0 Å². The van der Waals surface area contributed by atoms with Crippen molar-refractivity contribution in [3.8, 4) is 6.07 Å². The molecule has 1 aliphatic rings. The van der Waals surface area contributed by atoms with Crippen LogP contribution in [0, 0.1) is 11.3 Å². The van der Waals surface area contributed by atoms with Crippen LogP contribution in [0.2, 0.25) is 0 Å². The molecule has 90 valence electrons. The van der Waals surface area contributed by atoms with E-state index in [9.17, 15) is 9.59 Å². The lowest BCUT2D eigenvalue weighted by molar-refractivity contribution is 0.0954. The summed E-state index contributed by atoms with van der Waals surface area (Å²) in [5.74, 6) is 0. The molecule has 2 rings (SSSR count). The second-order valence-corrected chi connectivity index (χ2v) is 4.09. The molecule has 1 aromatic rings. The van der Waals surface area contributed by atoms with Crippen molar-refractivity contribution in [2.45, 2.75) is 25.5 Å². The zero-order valence-electron chi connectivity index (χ0n) is 9.55. The molecular weight excluding hydrogens is 222 g/mol. The van der Waals surface area contributed by atoms with Crippen LogP contribution in [0.4, 0.5) is 0 Å². The summed E-state index contributed by atoms with van der Waals surface area (Å²) in [6.07, 6.45) is 3.19. The first kappa shape index (κ1) is 11.6. The summed E-state index contributed by atoms with van der Waals surface area (Å²) < 4.78 is 7.75. The molecule has 0 bridgehead atoms. The summed E-state index contributed by atoms with van der Waals surface area (Å²) in [4.78, 5) is 23.3. The lowest BCUT2D eigenvalue weighted by Gasteiger charge is -2.12. The van der Waals surface area contributed by atoms with Crippen molar-refractivity contribution in [1.29, 1.82) is 5.26 Å². The van der Waals surface area contributed by atoms with Gasteiger partial charge in [-0.25, -0.2) is 4.79 Å². The van der Waals surface area contributed by atoms with Gasteiger partial charge in [0.2, 0.25) is 0 Å². The first-order valence-corrected chi connectivity index (χ1v) is 5.45. The summed E-state index contributed by atoms with van der Waals surface area (Å²) in [5.41, 5.74) is -0.990. The maximum Gasteiger partial charge on any atom is 0.330 e. The zero-order chi connectivity index (χ0) is 12.4. The van der Waals surface area contributed by atoms with Gasteiger partial charge in [-0.1, -0.05) is 0 Å². The molecule has 1 aromatic heterocycles. The molecule has 1 atom stereocenters. The van der Waals surface area contributed by atoms with E-state index in [0.717, 1.165) is 17.4 Å². The average Bonchev–Trinajstić information content (AvgIpc) is 2.83. The number of rotatable bonds is 2. The molecule has 1 saturated heterocycles. The summed E-state index contributed by atoms with van der Waals surface area (Å²) in [6.45, 7) is 1.10. The van der Waals surface area contributed by atoms with Crippen molar-refractivity contribution in [3.05, 3.63) is 32.6 Å². The van der Waals surface area contributed by atoms with Crippen molar-refractivity contribution in [1.82, 2.24) is 9.13 Å². The molecule has 0 amide bonds. The van der Waals surface area contributed by atoms with Gasteiger partial charge in [0.1, 0.15) is 11.6 Å². The van der Waals surface area contributed by atoms with Crippen LogP contribution in [0.25, 0.3) is 0 Å². The van der Waals surface area contributed by atoms with Crippen LogP contribution in [0.15, 0.2) is 15.8 Å². The van der Waals surface area contributed by atoms with Gasteiger partial charge in [-0.05, 0) is 12.8 Å². The van der Waals surface area contributed by atoms with Crippen molar-refractivity contribution in [2.24, 2.45) is 7.05 Å². The second kappa shape index (κ2) is 4.55. The predicted octanol–water partition coefficient (Wildman–Crippen LogP) is -0.402. The summed E-state index contributed by atoms with van der Waals surface area (Å²) >= 11 is 0. The lowest BCUT2D eigenvalue weighted by atomic mass is 10.2. The Kier molecular flexibility index (Phi) is 3.11. The maximum absolute atomic E-state index is 11.8. The molecule has 17 heavy (non-hydrogen) atoms. The molecule has 2 heterocycles. The number of aromatic nitrogens is 2. The number of hydrogen-bond acceptors (Lipinski definition) is 4. The molecule has 0 N–H and O–H groups in total. The van der Waals surface area contributed by atoms with E-state index in [1.807, 2.05) is 0 Å². The van der Waals surface area contributed by atoms with Crippen LogP contribution < -0.4 is 11.2 Å². The van der Waals surface area contributed by atoms with Crippen LogP contribution >= 0.6 is 0 Å². The van der Waals surface area contributed by atoms with Crippen molar-refractivity contribution in [2.75, 3.05) is 6.61 Å². The minimum absolute atomic E-state index is 0.00301. The van der Waals surface area contributed by atoms with Gasteiger partial charge >= 0.3 is 5.69 Å². The Balaban J connectivity index is 2.40. The SMILES string of the molecule is Cn1c(=O)c(C#N)cn(CC2CCCO2)c1=O. The third kappa shape index (κ3) is 2.15. The van der Waals surface area contributed by atoms with Gasteiger partial charge in [0.15, 0.2) is 0 Å². The monoisotopic (exact) mass is 235 g/mol. The van der Waals surface area contributed by atoms with E-state index in [1.54, 1.807) is 6.07 Å². The minimum Gasteiger partial charge on any atom is -0.376 e. The maximum atomic E-state index is 11.8. The van der Waals surface area contributed by atoms with Crippen LogP contribution in [0.1, 0.15) is 18.4 Å². The minimum atomic E-state index is -0.555.